The summed E-state index contributed by atoms with van der Waals surface area (Å²) in [5, 5.41) is 17.2. The molecule has 10 nitrogen and oxygen atoms in total. The van der Waals surface area contributed by atoms with Crippen LogP contribution in [0, 0.1) is 28.6 Å². The molecule has 2 saturated carbocycles. The van der Waals surface area contributed by atoms with Crippen molar-refractivity contribution in [3.05, 3.63) is 0 Å². The van der Waals surface area contributed by atoms with Crippen LogP contribution in [0.2, 0.25) is 0 Å². The van der Waals surface area contributed by atoms with E-state index in [1.807, 2.05) is 25.2 Å². The van der Waals surface area contributed by atoms with Gasteiger partial charge in [0.25, 0.3) is 0 Å². The number of carbonyl (C=O) groups excluding carboxylic acids is 4. The molecule has 3 heterocycles. The van der Waals surface area contributed by atoms with Crippen LogP contribution in [0.25, 0.3) is 0 Å². The molecule has 0 aromatic rings. The number of nitriles is 1. The van der Waals surface area contributed by atoms with Crippen molar-refractivity contribution in [2.75, 3.05) is 6.54 Å². The van der Waals surface area contributed by atoms with Gasteiger partial charge in [0.1, 0.15) is 17.6 Å². The van der Waals surface area contributed by atoms with E-state index in [1.54, 1.807) is 20.8 Å². The minimum Gasteiger partial charge on any atom is -0.370 e. The fourth-order valence-corrected chi connectivity index (χ4v) is 7.17. The molecule has 228 valence electrons. The first kappa shape index (κ1) is 31.1. The van der Waals surface area contributed by atoms with Gasteiger partial charge in [0.15, 0.2) is 0 Å². The van der Waals surface area contributed by atoms with Gasteiger partial charge < -0.3 is 25.6 Å². The standard InChI is InChI=1S/C28H40F3N5O5/c1-15(41-26(6)8-7-9-26)19(34-23(40)28(29,30)31)21(38)36-14-17-12-27(36,25(17,4)5)22(39)33-18(13-32)10-16-11-24(2,3)35-20(16)37/h15-19H,7-12,14H2,1-6H3,(H,33,39)(H,34,40)(H,35,37)/t15-,16-,17-,18+,19+,27-/m1/s1. The van der Waals surface area contributed by atoms with E-state index in [0.717, 1.165) is 6.42 Å². The van der Waals surface area contributed by atoms with E-state index in [2.05, 4.69) is 10.6 Å². The number of carbonyl (C=O) groups is 4. The molecule has 5 aliphatic rings. The number of fused-ring (bicyclic) bond motifs is 1. The van der Waals surface area contributed by atoms with Crippen LogP contribution in [-0.2, 0) is 23.9 Å². The summed E-state index contributed by atoms with van der Waals surface area (Å²) in [4.78, 5) is 53.5. The van der Waals surface area contributed by atoms with Gasteiger partial charge in [-0.05, 0) is 72.1 Å². The van der Waals surface area contributed by atoms with Gasteiger partial charge in [0, 0.05) is 23.4 Å². The van der Waals surface area contributed by atoms with Crippen LogP contribution in [0.3, 0.4) is 0 Å². The first-order valence-corrected chi connectivity index (χ1v) is 14.2. The van der Waals surface area contributed by atoms with Gasteiger partial charge >= 0.3 is 12.1 Å². The Balaban J connectivity index is 1.57. The van der Waals surface area contributed by atoms with Crippen LogP contribution in [0.4, 0.5) is 13.2 Å². The molecule has 0 aromatic carbocycles. The molecule has 0 spiro atoms. The molecule has 5 rings (SSSR count). The predicted octanol–water partition coefficient (Wildman–Crippen LogP) is 2.32. The van der Waals surface area contributed by atoms with Gasteiger partial charge in [0.2, 0.25) is 17.7 Å². The molecular weight excluding hydrogens is 543 g/mol. The Morgan fingerprint density at radius 1 is 1.15 bits per heavy atom. The summed E-state index contributed by atoms with van der Waals surface area (Å²) in [6, 6.07) is -0.659. The average molecular weight is 584 g/mol. The fourth-order valence-electron chi connectivity index (χ4n) is 7.17. The SMILES string of the molecule is C[C@@H](OC1(C)CCC1)[C@H](NC(=O)C(F)(F)F)C(=O)N1C[C@H]2C[C@@]1(C(=O)N[C@H](C#N)C[C@@H]1CC(C)(C)NC1=O)C2(C)C. The Hall–Kier alpha value is -2.88. The Kier molecular flexibility index (Phi) is 7.68. The first-order chi connectivity index (χ1) is 18.8. The van der Waals surface area contributed by atoms with Gasteiger partial charge in [-0.3, -0.25) is 19.2 Å². The molecule has 0 unspecified atom stereocenters. The highest BCUT2D eigenvalue weighted by Crippen LogP contribution is 2.63. The second kappa shape index (κ2) is 10.1. The van der Waals surface area contributed by atoms with Crippen molar-refractivity contribution >= 4 is 23.6 Å². The highest BCUT2D eigenvalue weighted by atomic mass is 19.4. The van der Waals surface area contributed by atoms with Crippen molar-refractivity contribution in [2.45, 2.75) is 121 Å². The van der Waals surface area contributed by atoms with Crippen LogP contribution in [-0.4, -0.2) is 76.1 Å². The molecule has 6 atom stereocenters. The maximum Gasteiger partial charge on any atom is 0.471 e. The molecule has 2 bridgehead atoms. The average Bonchev–Trinajstić information content (AvgIpc) is 3.45. The number of alkyl halides is 3. The second-order valence-electron chi connectivity index (χ2n) is 13.7. The van der Waals surface area contributed by atoms with Crippen molar-refractivity contribution in [2.24, 2.45) is 17.3 Å². The van der Waals surface area contributed by atoms with E-state index < -0.39 is 70.1 Å². The van der Waals surface area contributed by atoms with Crippen molar-refractivity contribution < 1.29 is 37.1 Å². The van der Waals surface area contributed by atoms with E-state index in [-0.39, 0.29) is 31.2 Å². The van der Waals surface area contributed by atoms with Crippen LogP contribution < -0.4 is 16.0 Å². The third kappa shape index (κ3) is 5.40. The lowest BCUT2D eigenvalue weighted by Gasteiger charge is -2.54. The number of rotatable bonds is 9. The monoisotopic (exact) mass is 583 g/mol. The molecule has 3 aliphatic heterocycles. The molecule has 5 fully saturated rings. The van der Waals surface area contributed by atoms with E-state index in [9.17, 15) is 37.6 Å². The van der Waals surface area contributed by atoms with Gasteiger partial charge in [-0.15, -0.1) is 0 Å². The van der Waals surface area contributed by atoms with E-state index in [1.165, 1.54) is 11.8 Å². The number of nitrogens with zero attached hydrogens (tertiary/aromatic N) is 2. The summed E-state index contributed by atoms with van der Waals surface area (Å²) >= 11 is 0. The van der Waals surface area contributed by atoms with Gasteiger partial charge in [-0.1, -0.05) is 13.8 Å². The predicted molar refractivity (Wildman–Crippen MR) is 140 cm³/mol. The smallest absolute Gasteiger partial charge is 0.370 e. The summed E-state index contributed by atoms with van der Waals surface area (Å²) in [6.45, 7) is 10.7. The third-order valence-electron chi connectivity index (χ3n) is 9.87. The zero-order valence-corrected chi connectivity index (χ0v) is 24.4. The molecule has 0 radical (unpaired) electrons. The van der Waals surface area contributed by atoms with E-state index >= 15 is 0 Å². The molecule has 13 heteroatoms. The summed E-state index contributed by atoms with van der Waals surface area (Å²) in [7, 11) is 0. The van der Waals surface area contributed by atoms with Gasteiger partial charge in [0.05, 0.1) is 17.8 Å². The number of halogens is 3. The first-order valence-electron chi connectivity index (χ1n) is 14.2. The fraction of sp³-hybridized carbons (Fsp3) is 0.821. The Morgan fingerprint density at radius 2 is 1.78 bits per heavy atom. The molecule has 41 heavy (non-hydrogen) atoms. The maximum atomic E-state index is 14.0. The second-order valence-corrected chi connectivity index (χ2v) is 13.7. The Labute approximate surface area is 238 Å². The molecular formula is C28H40F3N5O5. The number of nitrogens with one attached hydrogen (secondary N) is 3. The lowest BCUT2D eigenvalue weighted by atomic mass is 9.52. The van der Waals surface area contributed by atoms with Gasteiger partial charge in [-0.2, -0.15) is 18.4 Å². The van der Waals surface area contributed by atoms with Crippen LogP contribution in [0.15, 0.2) is 0 Å². The topological polar surface area (TPSA) is 141 Å². The largest absolute Gasteiger partial charge is 0.471 e. The highest BCUT2D eigenvalue weighted by Gasteiger charge is 2.74. The molecule has 4 amide bonds. The number of hydrogen-bond donors (Lipinski definition) is 3. The quantitative estimate of drug-likeness (QED) is 0.381. The molecule has 3 N–H and O–H groups in total. The lowest BCUT2D eigenvalue weighted by molar-refractivity contribution is -0.181. The Bertz CT molecular complexity index is 1160. The third-order valence-corrected chi connectivity index (χ3v) is 9.87. The summed E-state index contributed by atoms with van der Waals surface area (Å²) in [5.74, 6) is -4.51. The summed E-state index contributed by atoms with van der Waals surface area (Å²) in [5.41, 5.74) is -3.25. The van der Waals surface area contributed by atoms with Crippen LogP contribution in [0.5, 0.6) is 0 Å². The number of amides is 4. The van der Waals surface area contributed by atoms with E-state index in [0.29, 0.717) is 19.3 Å². The van der Waals surface area contributed by atoms with Crippen LogP contribution in [0.1, 0.15) is 80.1 Å². The van der Waals surface area contributed by atoms with Crippen molar-refractivity contribution in [1.29, 1.82) is 5.26 Å². The lowest BCUT2D eigenvalue weighted by Crippen LogP contribution is -2.71. The van der Waals surface area contributed by atoms with Gasteiger partial charge in [-0.25, -0.2) is 0 Å². The minimum absolute atomic E-state index is 0.0824. The zero-order chi connectivity index (χ0) is 30.8. The minimum atomic E-state index is -5.22. The highest BCUT2D eigenvalue weighted by molar-refractivity contribution is 5.98. The van der Waals surface area contributed by atoms with E-state index in [4.69, 9.17) is 4.74 Å². The normalized spacial score (nSPS) is 31.0. The number of ether oxygens (including phenoxy) is 1. The molecule has 2 aliphatic carbocycles. The zero-order valence-electron chi connectivity index (χ0n) is 24.4. The molecule has 0 aromatic heterocycles. The number of hydrogen-bond acceptors (Lipinski definition) is 6. The molecule has 3 saturated heterocycles. The summed E-state index contributed by atoms with van der Waals surface area (Å²) in [6.07, 6.45) is -3.27. The summed E-state index contributed by atoms with van der Waals surface area (Å²) < 4.78 is 45.8. The van der Waals surface area contributed by atoms with Crippen molar-refractivity contribution in [3.63, 3.8) is 0 Å². The van der Waals surface area contributed by atoms with Crippen molar-refractivity contribution in [1.82, 2.24) is 20.9 Å². The maximum absolute atomic E-state index is 14.0. The Morgan fingerprint density at radius 3 is 2.24 bits per heavy atom. The van der Waals surface area contributed by atoms with Crippen molar-refractivity contribution in [3.8, 4) is 6.07 Å². The van der Waals surface area contributed by atoms with Crippen LogP contribution >= 0.6 is 0 Å².